The van der Waals surface area contributed by atoms with Crippen LogP contribution >= 0.6 is 0 Å². The summed E-state index contributed by atoms with van der Waals surface area (Å²) in [4.78, 5) is 36.2. The number of aliphatic carboxylic acids is 1. The number of aliphatic hydroxyl groups is 1. The van der Waals surface area contributed by atoms with E-state index in [1.807, 2.05) is 0 Å². The molecular weight excluding hydrogens is 631 g/mol. The number of fused-ring (bicyclic) bond motifs is 1. The zero-order chi connectivity index (χ0) is 33.5. The molecule has 1 heterocycles. The fraction of sp³-hybridized carbons (Fsp3) is 0.444. The van der Waals surface area contributed by atoms with Crippen LogP contribution in [0.5, 0.6) is 0 Å². The molecule has 9 nitrogen and oxygen atoms in total. The Hall–Kier alpha value is -3.73. The number of anilines is 1. The summed E-state index contributed by atoms with van der Waals surface area (Å²) < 4.78 is 127. The fourth-order valence-corrected chi connectivity index (χ4v) is 6.67. The van der Waals surface area contributed by atoms with Gasteiger partial charge in [-0.3, -0.25) is 18.7 Å². The zero-order valence-electron chi connectivity index (χ0n) is 23.0. The first-order valence-electron chi connectivity index (χ1n) is 12.7. The summed E-state index contributed by atoms with van der Waals surface area (Å²) in [6, 6.07) is 3.23. The molecule has 0 radical (unpaired) electrons. The number of methoxy groups -OCH3 is 1. The fourth-order valence-electron chi connectivity index (χ4n) is 4.96. The number of carbonyl (C=O) groups is 3. The van der Waals surface area contributed by atoms with E-state index in [4.69, 9.17) is 0 Å². The van der Waals surface area contributed by atoms with Gasteiger partial charge in [-0.05, 0) is 55.7 Å². The molecule has 0 fully saturated rings. The van der Waals surface area contributed by atoms with Crippen molar-refractivity contribution in [2.75, 3.05) is 11.4 Å². The highest BCUT2D eigenvalue weighted by atomic mass is 32.2. The molecule has 2 N–H and O–H groups in total. The molecule has 0 spiro atoms. The second-order valence-electron chi connectivity index (χ2n) is 10.5. The average molecular weight is 658 g/mol. The van der Waals surface area contributed by atoms with Gasteiger partial charge in [0.15, 0.2) is 0 Å². The van der Waals surface area contributed by atoms with Gasteiger partial charge in [0.2, 0.25) is 0 Å². The van der Waals surface area contributed by atoms with Crippen LogP contribution < -0.4 is 4.31 Å². The minimum absolute atomic E-state index is 0.259. The Morgan fingerprint density at radius 3 is 2.05 bits per heavy atom. The lowest BCUT2D eigenvalue weighted by Gasteiger charge is -2.39. The van der Waals surface area contributed by atoms with Gasteiger partial charge in [0.05, 0.1) is 35.6 Å². The largest absolute Gasteiger partial charge is 0.481 e. The van der Waals surface area contributed by atoms with Crippen molar-refractivity contribution in [1.29, 1.82) is 0 Å². The van der Waals surface area contributed by atoms with Gasteiger partial charge in [0, 0.05) is 18.4 Å². The summed E-state index contributed by atoms with van der Waals surface area (Å²) in [6.07, 6.45) is -15.2. The molecule has 0 bridgehead atoms. The van der Waals surface area contributed by atoms with Crippen LogP contribution in [0.3, 0.4) is 0 Å². The van der Waals surface area contributed by atoms with Gasteiger partial charge in [0.25, 0.3) is 15.6 Å². The Balaban J connectivity index is 2.12. The summed E-state index contributed by atoms with van der Waals surface area (Å²) in [7, 11) is -3.76. The Morgan fingerprint density at radius 2 is 1.55 bits per heavy atom. The van der Waals surface area contributed by atoms with Crippen molar-refractivity contribution in [2.24, 2.45) is 5.41 Å². The molecule has 2 aromatic rings. The van der Waals surface area contributed by atoms with Crippen molar-refractivity contribution in [3.63, 3.8) is 0 Å². The van der Waals surface area contributed by atoms with E-state index in [-0.39, 0.29) is 24.5 Å². The van der Waals surface area contributed by atoms with E-state index >= 15 is 0 Å². The van der Waals surface area contributed by atoms with Crippen molar-refractivity contribution < 1.29 is 68.5 Å². The number of ketones is 1. The maximum absolute atomic E-state index is 13.8. The predicted molar refractivity (Wildman–Crippen MR) is 137 cm³/mol. The third-order valence-electron chi connectivity index (χ3n) is 7.33. The normalized spacial score (nSPS) is 17.4. The highest BCUT2D eigenvalue weighted by Crippen LogP contribution is 2.51. The van der Waals surface area contributed by atoms with Gasteiger partial charge < -0.3 is 14.9 Å². The quantitative estimate of drug-likeness (QED) is 0.278. The molecule has 242 valence electrons. The molecule has 3 rings (SSSR count). The lowest BCUT2D eigenvalue weighted by molar-refractivity contribution is -0.376. The highest BCUT2D eigenvalue weighted by molar-refractivity contribution is 7.92. The second-order valence-corrected chi connectivity index (χ2v) is 12.3. The first-order chi connectivity index (χ1) is 20.1. The molecule has 17 heteroatoms. The monoisotopic (exact) mass is 657 g/mol. The first kappa shape index (κ1) is 34.8. The van der Waals surface area contributed by atoms with E-state index in [2.05, 4.69) is 4.74 Å². The van der Waals surface area contributed by atoms with Crippen LogP contribution in [-0.4, -0.2) is 61.9 Å². The number of Topliss-reactive ketones (excluding diaryl/α,β-unsaturated/α-hetero) is 1. The molecule has 0 aromatic heterocycles. The number of halogens is 7. The summed E-state index contributed by atoms with van der Waals surface area (Å²) in [6.45, 7) is 1.09. The van der Waals surface area contributed by atoms with Gasteiger partial charge in [-0.15, -0.1) is 0 Å². The number of carbonyl (C=O) groups excluding carboxylic acids is 2. The van der Waals surface area contributed by atoms with Gasteiger partial charge >= 0.3 is 24.3 Å². The molecule has 0 aliphatic carbocycles. The van der Waals surface area contributed by atoms with Gasteiger partial charge in [0.1, 0.15) is 11.6 Å². The van der Waals surface area contributed by atoms with Crippen LogP contribution in [-0.2, 0) is 41.2 Å². The third-order valence-corrected chi connectivity index (χ3v) is 9.21. The molecule has 2 atom stereocenters. The minimum atomic E-state index is -6.20. The van der Waals surface area contributed by atoms with Gasteiger partial charge in [-0.25, -0.2) is 12.8 Å². The van der Waals surface area contributed by atoms with Crippen LogP contribution in [0.2, 0.25) is 0 Å². The van der Waals surface area contributed by atoms with Gasteiger partial charge in [-0.2, -0.15) is 26.3 Å². The Kier molecular flexibility index (Phi) is 9.47. The number of hydrogen-bond acceptors (Lipinski definition) is 7. The summed E-state index contributed by atoms with van der Waals surface area (Å²) in [5.74, 6) is -4.12. The molecule has 44 heavy (non-hydrogen) atoms. The van der Waals surface area contributed by atoms with Crippen molar-refractivity contribution in [2.45, 2.75) is 67.9 Å². The predicted octanol–water partition coefficient (Wildman–Crippen LogP) is 4.65. The number of benzene rings is 2. The molecule has 0 amide bonds. The number of sulfonamides is 1. The summed E-state index contributed by atoms with van der Waals surface area (Å²) in [5.41, 5.74) is -9.62. The van der Waals surface area contributed by atoms with Crippen LogP contribution in [0.1, 0.15) is 43.7 Å². The minimum Gasteiger partial charge on any atom is -0.481 e. The number of nitrogens with zero attached hydrogens (tertiary/aromatic N) is 1. The second kappa shape index (κ2) is 12.0. The van der Waals surface area contributed by atoms with Crippen LogP contribution in [0.15, 0.2) is 47.4 Å². The zero-order valence-corrected chi connectivity index (χ0v) is 23.8. The van der Waals surface area contributed by atoms with E-state index < -0.39 is 98.4 Å². The molecule has 1 aliphatic heterocycles. The van der Waals surface area contributed by atoms with Crippen molar-refractivity contribution in [1.82, 2.24) is 0 Å². The molecule has 0 saturated carbocycles. The Morgan fingerprint density at radius 1 is 0.977 bits per heavy atom. The van der Waals surface area contributed by atoms with Crippen molar-refractivity contribution in [3.05, 3.63) is 59.4 Å². The number of ether oxygens (including phenoxy) is 1. The number of rotatable bonds is 10. The van der Waals surface area contributed by atoms with Gasteiger partial charge in [-0.1, -0.05) is 12.1 Å². The van der Waals surface area contributed by atoms with E-state index in [0.717, 1.165) is 38.3 Å². The number of alkyl halides is 6. The molecule has 2 aromatic carbocycles. The Bertz CT molecular complexity index is 1530. The van der Waals surface area contributed by atoms with Crippen LogP contribution in [0.25, 0.3) is 0 Å². The highest BCUT2D eigenvalue weighted by Gasteiger charge is 2.71. The third kappa shape index (κ3) is 6.52. The maximum atomic E-state index is 13.8. The van der Waals surface area contributed by atoms with Crippen LogP contribution in [0.4, 0.5) is 36.4 Å². The first-order valence-corrected chi connectivity index (χ1v) is 14.1. The van der Waals surface area contributed by atoms with Crippen LogP contribution in [0, 0.1) is 11.2 Å². The smallest absolute Gasteiger partial charge is 0.430 e. The number of carboxylic acids is 1. The summed E-state index contributed by atoms with van der Waals surface area (Å²) >= 11 is 0. The number of aryl methyl sites for hydroxylation is 1. The topological polar surface area (TPSA) is 138 Å². The van der Waals surface area contributed by atoms with Crippen molar-refractivity contribution in [3.8, 4) is 0 Å². The summed E-state index contributed by atoms with van der Waals surface area (Å²) in [5, 5.41) is 19.5. The van der Waals surface area contributed by atoms with Crippen molar-refractivity contribution >= 4 is 33.4 Å². The standard InChI is InChI=1S/C27H26F7NO8S/c1-24(23(38)39,14-22(37)43-2)13-19(36)12-18-7-3-15-11-16(25(40,26(29,30)31)27(32,33)34)4-10-21(15)35(18)44(41,42)20-8-5-17(28)6-9-20/h4-6,8-11,18,40H,3,7,12-14H2,1-2H3,(H,38,39)/t18-,24?/m0/s1. The lowest BCUT2D eigenvalue weighted by Crippen LogP contribution is -2.54. The average Bonchev–Trinajstić information content (AvgIpc) is 2.90. The number of esters is 1. The number of hydrogen-bond donors (Lipinski definition) is 2. The van der Waals surface area contributed by atoms with E-state index in [9.17, 15) is 63.7 Å². The molecular formula is C27H26F7NO8S. The maximum Gasteiger partial charge on any atom is 0.430 e. The molecule has 1 aliphatic rings. The SMILES string of the molecule is COC(=O)CC(C)(CC(=O)C[C@@H]1CCc2cc(C(O)(C(F)(F)F)C(F)(F)F)ccc2N1S(=O)(=O)c1ccc(F)cc1)C(=O)O. The van der Waals surface area contributed by atoms with E-state index in [1.54, 1.807) is 0 Å². The lowest BCUT2D eigenvalue weighted by atomic mass is 9.80. The van der Waals surface area contributed by atoms with E-state index in [0.29, 0.717) is 16.4 Å². The molecule has 0 saturated heterocycles. The number of carboxylic acid groups (broad SMARTS) is 1. The Labute approximate surface area is 246 Å². The molecule has 1 unspecified atom stereocenters. The van der Waals surface area contributed by atoms with E-state index in [1.165, 1.54) is 0 Å².